The smallest absolute Gasteiger partial charge is 0.227 e. The van der Waals surface area contributed by atoms with Crippen molar-refractivity contribution in [1.82, 2.24) is 15.3 Å². The Morgan fingerprint density at radius 2 is 2.06 bits per heavy atom. The summed E-state index contributed by atoms with van der Waals surface area (Å²) >= 11 is 1.72. The monoisotopic (exact) mass is 472 g/mol. The van der Waals surface area contributed by atoms with Gasteiger partial charge >= 0.3 is 0 Å². The molecular weight excluding hydrogens is 444 g/mol. The Kier molecular flexibility index (Phi) is 5.59. The highest BCUT2D eigenvalue weighted by Crippen LogP contribution is 2.44. The highest BCUT2D eigenvalue weighted by Gasteiger charge is 2.22. The van der Waals surface area contributed by atoms with E-state index in [-0.39, 0.29) is 0 Å². The van der Waals surface area contributed by atoms with Crippen LogP contribution in [0.5, 0.6) is 11.5 Å². The molecule has 174 valence electrons. The van der Waals surface area contributed by atoms with Crippen molar-refractivity contribution in [3.63, 3.8) is 0 Å². The molecule has 4 heterocycles. The normalized spacial score (nSPS) is 15.8. The van der Waals surface area contributed by atoms with Crippen LogP contribution in [0, 0.1) is 6.92 Å². The number of hydrogen-bond donors (Lipinski definition) is 2. The van der Waals surface area contributed by atoms with E-state index in [0.29, 0.717) is 11.9 Å². The van der Waals surface area contributed by atoms with E-state index in [1.54, 1.807) is 18.4 Å². The quantitative estimate of drug-likeness (QED) is 0.381. The summed E-state index contributed by atoms with van der Waals surface area (Å²) in [6.07, 6.45) is 5.18. The average Bonchev–Trinajstić information content (AvgIpc) is 3.48. The molecule has 0 aliphatic carbocycles. The van der Waals surface area contributed by atoms with Gasteiger partial charge in [-0.05, 0) is 62.0 Å². The van der Waals surface area contributed by atoms with Gasteiger partial charge in [-0.15, -0.1) is 11.3 Å². The number of aryl methyl sites for hydroxylation is 1. The van der Waals surface area contributed by atoms with Crippen LogP contribution in [-0.4, -0.2) is 36.8 Å². The zero-order chi connectivity index (χ0) is 23.1. The number of piperidine rings is 1. The fraction of sp³-hybridized carbons (Fsp3) is 0.333. The minimum atomic E-state index is 0.563. The predicted molar refractivity (Wildman–Crippen MR) is 138 cm³/mol. The molecule has 7 heteroatoms. The van der Waals surface area contributed by atoms with Crippen molar-refractivity contribution in [1.29, 1.82) is 0 Å². The molecular formula is C27H28N4O2S. The van der Waals surface area contributed by atoms with Crippen LogP contribution in [0.25, 0.3) is 21.3 Å². The predicted octanol–water partition coefficient (Wildman–Crippen LogP) is 5.82. The molecule has 1 fully saturated rings. The van der Waals surface area contributed by atoms with Crippen LogP contribution < -0.4 is 20.1 Å². The second-order valence-electron chi connectivity index (χ2n) is 8.94. The molecule has 0 saturated carbocycles. The van der Waals surface area contributed by atoms with Gasteiger partial charge in [0, 0.05) is 22.4 Å². The first-order chi connectivity index (χ1) is 16.7. The Bertz CT molecular complexity index is 1360. The number of para-hydroxylation sites is 1. The van der Waals surface area contributed by atoms with Crippen molar-refractivity contribution in [3.8, 4) is 22.6 Å². The standard InChI is InChI=1S/C27H28N4O2S/c1-16-24(20-5-3-4-18-10-13-33-26(18)20)25-23(34-16)15-29-27(31-25)30-21-7-6-19(14-22(21)32-2)17-8-11-28-12-9-17/h3-7,14-15,17,28H,8-13H2,1-2H3,(H,29,30,31). The van der Waals surface area contributed by atoms with E-state index in [4.69, 9.17) is 14.5 Å². The van der Waals surface area contributed by atoms with E-state index in [1.165, 1.54) is 16.0 Å². The fourth-order valence-electron chi connectivity index (χ4n) is 5.14. The van der Waals surface area contributed by atoms with E-state index in [9.17, 15) is 0 Å². The molecule has 2 aromatic heterocycles. The maximum atomic E-state index is 6.00. The SMILES string of the molecule is COc1cc(C2CCNCC2)ccc1Nc1ncc2sc(C)c(-c3cccc4c3OCC4)c2n1. The topological polar surface area (TPSA) is 68.3 Å². The lowest BCUT2D eigenvalue weighted by Gasteiger charge is -2.24. The number of methoxy groups -OCH3 is 1. The summed E-state index contributed by atoms with van der Waals surface area (Å²) in [4.78, 5) is 10.8. The summed E-state index contributed by atoms with van der Waals surface area (Å²) in [7, 11) is 1.72. The van der Waals surface area contributed by atoms with Crippen LogP contribution in [0.2, 0.25) is 0 Å². The van der Waals surface area contributed by atoms with Crippen molar-refractivity contribution in [3.05, 3.63) is 58.6 Å². The van der Waals surface area contributed by atoms with Crippen LogP contribution in [0.4, 0.5) is 11.6 Å². The number of benzene rings is 2. The van der Waals surface area contributed by atoms with Crippen LogP contribution in [0.1, 0.15) is 34.8 Å². The molecule has 2 aliphatic rings. The Balaban J connectivity index is 1.36. The lowest BCUT2D eigenvalue weighted by molar-refractivity contribution is 0.358. The molecule has 6 nitrogen and oxygen atoms in total. The third-order valence-electron chi connectivity index (χ3n) is 6.87. The third kappa shape index (κ3) is 3.79. The van der Waals surface area contributed by atoms with Crippen molar-refractivity contribution < 1.29 is 9.47 Å². The third-order valence-corrected chi connectivity index (χ3v) is 7.90. The van der Waals surface area contributed by atoms with Gasteiger partial charge in [0.2, 0.25) is 5.95 Å². The second-order valence-corrected chi connectivity index (χ2v) is 10.2. The van der Waals surface area contributed by atoms with Crippen molar-refractivity contribution in [2.45, 2.75) is 32.1 Å². The van der Waals surface area contributed by atoms with Gasteiger partial charge in [-0.1, -0.05) is 24.3 Å². The van der Waals surface area contributed by atoms with Crippen molar-refractivity contribution in [2.24, 2.45) is 0 Å². The van der Waals surface area contributed by atoms with E-state index in [2.05, 4.69) is 58.9 Å². The van der Waals surface area contributed by atoms with E-state index in [1.807, 2.05) is 6.20 Å². The number of thiophene rings is 1. The summed E-state index contributed by atoms with van der Waals surface area (Å²) in [6, 6.07) is 12.8. The van der Waals surface area contributed by atoms with Gasteiger partial charge in [-0.25, -0.2) is 9.97 Å². The van der Waals surface area contributed by atoms with Gasteiger partial charge in [0.05, 0.1) is 35.8 Å². The van der Waals surface area contributed by atoms with Gasteiger partial charge < -0.3 is 20.1 Å². The van der Waals surface area contributed by atoms with Crippen LogP contribution in [0.15, 0.2) is 42.6 Å². The van der Waals surface area contributed by atoms with E-state index >= 15 is 0 Å². The Morgan fingerprint density at radius 3 is 2.91 bits per heavy atom. The summed E-state index contributed by atoms with van der Waals surface area (Å²) < 4.78 is 12.8. The average molecular weight is 473 g/mol. The molecule has 0 spiro atoms. The van der Waals surface area contributed by atoms with Gasteiger partial charge in [-0.3, -0.25) is 0 Å². The molecule has 0 amide bonds. The maximum absolute atomic E-state index is 6.00. The highest BCUT2D eigenvalue weighted by molar-refractivity contribution is 7.19. The molecule has 2 aromatic carbocycles. The van der Waals surface area contributed by atoms with Crippen molar-refractivity contribution >= 4 is 33.2 Å². The molecule has 0 unspecified atom stereocenters. The van der Waals surface area contributed by atoms with E-state index < -0.39 is 0 Å². The van der Waals surface area contributed by atoms with Gasteiger partial charge in [-0.2, -0.15) is 0 Å². The number of rotatable bonds is 5. The summed E-state index contributed by atoms with van der Waals surface area (Å²) in [6.45, 7) is 5.02. The molecule has 4 aromatic rings. The van der Waals surface area contributed by atoms with Crippen LogP contribution >= 0.6 is 11.3 Å². The minimum absolute atomic E-state index is 0.563. The van der Waals surface area contributed by atoms with Gasteiger partial charge in [0.25, 0.3) is 0 Å². The molecule has 6 rings (SSSR count). The van der Waals surface area contributed by atoms with Gasteiger partial charge in [0.15, 0.2) is 0 Å². The Morgan fingerprint density at radius 1 is 1.18 bits per heavy atom. The number of nitrogens with zero attached hydrogens (tertiary/aromatic N) is 2. The summed E-state index contributed by atoms with van der Waals surface area (Å²) in [5.74, 6) is 2.94. The van der Waals surface area contributed by atoms with E-state index in [0.717, 1.165) is 77.5 Å². The summed E-state index contributed by atoms with van der Waals surface area (Å²) in [5.41, 5.74) is 6.67. The molecule has 0 radical (unpaired) electrons. The molecule has 1 saturated heterocycles. The number of hydrogen-bond acceptors (Lipinski definition) is 7. The number of fused-ring (bicyclic) bond motifs is 2. The zero-order valence-corrected chi connectivity index (χ0v) is 20.3. The molecule has 2 N–H and O–H groups in total. The molecule has 0 bridgehead atoms. The summed E-state index contributed by atoms with van der Waals surface area (Å²) in [5, 5.41) is 6.84. The number of nitrogens with one attached hydrogen (secondary N) is 2. The molecule has 2 aliphatic heterocycles. The number of aromatic nitrogens is 2. The van der Waals surface area contributed by atoms with Gasteiger partial charge in [0.1, 0.15) is 11.5 Å². The minimum Gasteiger partial charge on any atom is -0.495 e. The molecule has 34 heavy (non-hydrogen) atoms. The first-order valence-corrected chi connectivity index (χ1v) is 12.7. The lowest BCUT2D eigenvalue weighted by atomic mass is 9.90. The second kappa shape index (κ2) is 8.89. The Labute approximate surface area is 203 Å². The Hall–Kier alpha value is -3.16. The number of ether oxygens (including phenoxy) is 2. The highest BCUT2D eigenvalue weighted by atomic mass is 32.1. The van der Waals surface area contributed by atoms with Crippen LogP contribution in [-0.2, 0) is 6.42 Å². The fourth-order valence-corrected chi connectivity index (χ4v) is 6.13. The van der Waals surface area contributed by atoms with Crippen molar-refractivity contribution in [2.75, 3.05) is 32.1 Å². The first kappa shape index (κ1) is 21.4. The zero-order valence-electron chi connectivity index (χ0n) is 19.5. The first-order valence-electron chi connectivity index (χ1n) is 11.9. The lowest BCUT2D eigenvalue weighted by Crippen LogP contribution is -2.26. The number of anilines is 2. The largest absolute Gasteiger partial charge is 0.495 e. The van der Waals surface area contributed by atoms with Crippen LogP contribution in [0.3, 0.4) is 0 Å². The molecule has 0 atom stereocenters. The maximum Gasteiger partial charge on any atom is 0.227 e.